The SMILES string of the molecule is CC[C@H](C)C(C)(CC)CCl. The Morgan fingerprint density at radius 1 is 1.40 bits per heavy atom. The molecule has 2 atom stereocenters. The lowest BCUT2D eigenvalue weighted by molar-refractivity contribution is 0.220. The lowest BCUT2D eigenvalue weighted by Gasteiger charge is -2.31. The van der Waals surface area contributed by atoms with Crippen LogP contribution in [-0.2, 0) is 0 Å². The Labute approximate surface area is 70.0 Å². The summed E-state index contributed by atoms with van der Waals surface area (Å²) in [7, 11) is 0. The molecular weight excluding hydrogens is 144 g/mol. The molecule has 0 saturated heterocycles. The molecule has 1 unspecified atom stereocenters. The summed E-state index contributed by atoms with van der Waals surface area (Å²) in [6, 6.07) is 0. The molecule has 0 aromatic rings. The Morgan fingerprint density at radius 2 is 1.90 bits per heavy atom. The minimum Gasteiger partial charge on any atom is -0.126 e. The van der Waals surface area contributed by atoms with Gasteiger partial charge in [-0.25, -0.2) is 0 Å². The zero-order chi connectivity index (χ0) is 8.20. The summed E-state index contributed by atoms with van der Waals surface area (Å²) in [5.74, 6) is 1.54. The monoisotopic (exact) mass is 162 g/mol. The van der Waals surface area contributed by atoms with Gasteiger partial charge in [-0.3, -0.25) is 0 Å². The van der Waals surface area contributed by atoms with Crippen molar-refractivity contribution in [2.75, 3.05) is 5.88 Å². The van der Waals surface area contributed by atoms with Gasteiger partial charge < -0.3 is 0 Å². The molecule has 0 radical (unpaired) electrons. The third-order valence-electron chi connectivity index (χ3n) is 2.92. The highest BCUT2D eigenvalue weighted by molar-refractivity contribution is 6.18. The van der Waals surface area contributed by atoms with E-state index in [-0.39, 0.29) is 0 Å². The quantitative estimate of drug-likeness (QED) is 0.554. The first-order valence-corrected chi connectivity index (χ1v) is 4.70. The second kappa shape index (κ2) is 4.23. The van der Waals surface area contributed by atoms with Crippen LogP contribution >= 0.6 is 11.6 Å². The Morgan fingerprint density at radius 3 is 2.00 bits per heavy atom. The molecule has 0 fully saturated rings. The van der Waals surface area contributed by atoms with E-state index in [4.69, 9.17) is 11.6 Å². The molecule has 0 aromatic carbocycles. The zero-order valence-corrected chi connectivity index (χ0v) is 8.33. The van der Waals surface area contributed by atoms with Gasteiger partial charge in [0.15, 0.2) is 0 Å². The molecule has 0 aliphatic carbocycles. The van der Waals surface area contributed by atoms with Crippen LogP contribution in [0.5, 0.6) is 0 Å². The zero-order valence-electron chi connectivity index (χ0n) is 7.58. The molecule has 0 spiro atoms. The number of halogens is 1. The fraction of sp³-hybridized carbons (Fsp3) is 1.00. The van der Waals surface area contributed by atoms with Gasteiger partial charge in [-0.1, -0.05) is 34.1 Å². The molecule has 62 valence electrons. The third kappa shape index (κ3) is 2.16. The van der Waals surface area contributed by atoms with Crippen molar-refractivity contribution in [1.82, 2.24) is 0 Å². The van der Waals surface area contributed by atoms with Gasteiger partial charge in [0.05, 0.1) is 0 Å². The average Bonchev–Trinajstić information content (AvgIpc) is 2.01. The van der Waals surface area contributed by atoms with Crippen LogP contribution in [0, 0.1) is 11.3 Å². The minimum atomic E-state index is 0.357. The Kier molecular flexibility index (Phi) is 4.35. The second-order valence-corrected chi connectivity index (χ2v) is 3.72. The van der Waals surface area contributed by atoms with Gasteiger partial charge in [-0.2, -0.15) is 0 Å². The Hall–Kier alpha value is 0.290. The highest BCUT2D eigenvalue weighted by Crippen LogP contribution is 2.33. The first-order valence-electron chi connectivity index (χ1n) is 4.16. The van der Waals surface area contributed by atoms with Crippen molar-refractivity contribution in [3.63, 3.8) is 0 Å². The summed E-state index contributed by atoms with van der Waals surface area (Å²) in [4.78, 5) is 0. The molecule has 1 heteroatoms. The third-order valence-corrected chi connectivity index (χ3v) is 3.53. The Bertz CT molecular complexity index is 84.7. The van der Waals surface area contributed by atoms with Crippen molar-refractivity contribution in [1.29, 1.82) is 0 Å². The van der Waals surface area contributed by atoms with E-state index in [1.807, 2.05) is 0 Å². The van der Waals surface area contributed by atoms with E-state index in [0.717, 1.165) is 11.8 Å². The molecule has 0 rings (SSSR count). The van der Waals surface area contributed by atoms with Crippen LogP contribution in [-0.4, -0.2) is 5.88 Å². The van der Waals surface area contributed by atoms with Gasteiger partial charge in [0.1, 0.15) is 0 Å². The fourth-order valence-corrected chi connectivity index (χ4v) is 1.52. The number of rotatable bonds is 4. The minimum absolute atomic E-state index is 0.357. The molecule has 0 aliphatic rings. The molecular formula is C9H19Cl. The first kappa shape index (κ1) is 10.3. The number of alkyl halides is 1. The summed E-state index contributed by atoms with van der Waals surface area (Å²) in [5.41, 5.74) is 0.357. The van der Waals surface area contributed by atoms with Crippen molar-refractivity contribution in [2.24, 2.45) is 11.3 Å². The van der Waals surface area contributed by atoms with Crippen LogP contribution < -0.4 is 0 Å². The van der Waals surface area contributed by atoms with Crippen LogP contribution in [0.3, 0.4) is 0 Å². The maximum atomic E-state index is 5.88. The highest BCUT2D eigenvalue weighted by Gasteiger charge is 2.26. The lowest BCUT2D eigenvalue weighted by atomic mass is 9.76. The van der Waals surface area contributed by atoms with Crippen LogP contribution in [0.1, 0.15) is 40.5 Å². The van der Waals surface area contributed by atoms with Crippen LogP contribution in [0.25, 0.3) is 0 Å². The Balaban J connectivity index is 4.02. The summed E-state index contributed by atoms with van der Waals surface area (Å²) < 4.78 is 0. The molecule has 0 heterocycles. The smallest absolute Gasteiger partial charge is 0.0279 e. The van der Waals surface area contributed by atoms with Gasteiger partial charge in [0.25, 0.3) is 0 Å². The summed E-state index contributed by atoms with van der Waals surface area (Å²) in [5, 5.41) is 0. The van der Waals surface area contributed by atoms with Crippen LogP contribution in [0.4, 0.5) is 0 Å². The van der Waals surface area contributed by atoms with Crippen LogP contribution in [0.2, 0.25) is 0 Å². The maximum Gasteiger partial charge on any atom is 0.0279 e. The fourth-order valence-electron chi connectivity index (χ4n) is 1.07. The molecule has 0 N–H and O–H groups in total. The van der Waals surface area contributed by atoms with Crippen molar-refractivity contribution in [3.8, 4) is 0 Å². The van der Waals surface area contributed by atoms with E-state index in [1.54, 1.807) is 0 Å². The maximum absolute atomic E-state index is 5.88. The van der Waals surface area contributed by atoms with E-state index in [1.165, 1.54) is 12.8 Å². The predicted molar refractivity (Wildman–Crippen MR) is 48.6 cm³/mol. The summed E-state index contributed by atoms with van der Waals surface area (Å²) in [6.45, 7) is 9.00. The molecule has 0 bridgehead atoms. The average molecular weight is 163 g/mol. The molecule has 0 nitrogen and oxygen atoms in total. The second-order valence-electron chi connectivity index (χ2n) is 3.45. The standard InChI is InChI=1S/C9H19Cl/c1-5-8(3)9(4,6-2)7-10/h8H,5-7H2,1-4H3/t8-,9?/m0/s1. The highest BCUT2D eigenvalue weighted by atomic mass is 35.5. The van der Waals surface area contributed by atoms with Gasteiger partial charge in [-0.05, 0) is 17.8 Å². The van der Waals surface area contributed by atoms with E-state index >= 15 is 0 Å². The van der Waals surface area contributed by atoms with Gasteiger partial charge >= 0.3 is 0 Å². The first-order chi connectivity index (χ1) is 4.60. The van der Waals surface area contributed by atoms with Crippen molar-refractivity contribution in [3.05, 3.63) is 0 Å². The largest absolute Gasteiger partial charge is 0.126 e. The van der Waals surface area contributed by atoms with Gasteiger partial charge in [-0.15, -0.1) is 11.6 Å². The van der Waals surface area contributed by atoms with E-state index < -0.39 is 0 Å². The topological polar surface area (TPSA) is 0 Å². The van der Waals surface area contributed by atoms with Crippen molar-refractivity contribution in [2.45, 2.75) is 40.5 Å². The summed E-state index contributed by atoms with van der Waals surface area (Å²) in [6.07, 6.45) is 2.42. The van der Waals surface area contributed by atoms with Gasteiger partial charge in [0.2, 0.25) is 0 Å². The molecule has 0 aromatic heterocycles. The van der Waals surface area contributed by atoms with E-state index in [9.17, 15) is 0 Å². The number of hydrogen-bond donors (Lipinski definition) is 0. The van der Waals surface area contributed by atoms with Crippen molar-refractivity contribution < 1.29 is 0 Å². The molecule has 0 saturated carbocycles. The van der Waals surface area contributed by atoms with Gasteiger partial charge in [0, 0.05) is 5.88 Å². The molecule has 0 amide bonds. The van der Waals surface area contributed by atoms with E-state index in [2.05, 4.69) is 27.7 Å². The number of hydrogen-bond acceptors (Lipinski definition) is 0. The van der Waals surface area contributed by atoms with E-state index in [0.29, 0.717) is 5.41 Å². The predicted octanol–water partition coefficient (Wildman–Crippen LogP) is 3.69. The lowest BCUT2D eigenvalue weighted by Crippen LogP contribution is -2.25. The molecule has 0 aliphatic heterocycles. The van der Waals surface area contributed by atoms with Crippen molar-refractivity contribution >= 4 is 11.6 Å². The normalized spacial score (nSPS) is 20.1. The van der Waals surface area contributed by atoms with Crippen LogP contribution in [0.15, 0.2) is 0 Å². The molecule has 10 heavy (non-hydrogen) atoms. The summed E-state index contributed by atoms with van der Waals surface area (Å²) >= 11 is 5.88.